The number of hydrogen-bond acceptors (Lipinski definition) is 3. The van der Waals surface area contributed by atoms with Crippen LogP contribution in [0.15, 0.2) is 0 Å². The molecule has 0 N–H and O–H groups in total. The summed E-state index contributed by atoms with van der Waals surface area (Å²) < 4.78 is 0. The minimum atomic E-state index is 0.684. The molecule has 0 saturated heterocycles. The number of nitrogens with zero attached hydrogens (tertiary/aromatic N) is 1. The summed E-state index contributed by atoms with van der Waals surface area (Å²) >= 11 is 0. The van der Waals surface area contributed by atoms with Crippen molar-refractivity contribution in [3.8, 4) is 0 Å². The van der Waals surface area contributed by atoms with E-state index in [9.17, 15) is 0 Å². The van der Waals surface area contributed by atoms with Gasteiger partial charge < -0.3 is 0 Å². The molecule has 0 aromatic rings. The molecule has 0 aliphatic carbocycles. The average molecular weight is 135 g/mol. The van der Waals surface area contributed by atoms with Crippen molar-refractivity contribution >= 4 is 10.4 Å². The second kappa shape index (κ2) is 5.24. The van der Waals surface area contributed by atoms with E-state index in [0.717, 1.165) is 10.4 Å². The largest absolute Gasteiger partial charge is 0.283 e. The Morgan fingerprint density at radius 2 is 1.62 bits per heavy atom. The van der Waals surface area contributed by atoms with Gasteiger partial charge in [-0.25, -0.2) is 0 Å². The lowest BCUT2D eigenvalue weighted by molar-refractivity contribution is -0.299. The summed E-state index contributed by atoms with van der Waals surface area (Å²) in [6.07, 6.45) is 0. The zero-order valence-electron chi connectivity index (χ0n) is 5.68. The van der Waals surface area contributed by atoms with Crippen LogP contribution in [0.5, 0.6) is 0 Å². The first-order valence-electron chi connectivity index (χ1n) is 2.80. The quantitative estimate of drug-likeness (QED) is 0.382. The minimum Gasteiger partial charge on any atom is -0.283 e. The highest BCUT2D eigenvalue weighted by molar-refractivity contribution is 6.02. The molecule has 0 amide bonds. The Morgan fingerprint density at radius 3 is 1.88 bits per heavy atom. The first-order chi connectivity index (χ1) is 3.81. The topological polar surface area (TPSA) is 21.7 Å². The van der Waals surface area contributed by atoms with Crippen LogP contribution in [0, 0.1) is 0 Å². The highest BCUT2D eigenvalue weighted by Crippen LogP contribution is 1.82. The molecule has 0 heterocycles. The fourth-order valence-corrected chi connectivity index (χ4v) is 0.917. The summed E-state index contributed by atoms with van der Waals surface area (Å²) in [4.78, 5) is 11.4. The molecule has 0 atom stereocenters. The monoisotopic (exact) mass is 135 g/mol. The first-order valence-corrected chi connectivity index (χ1v) is 3.70. The molecule has 50 valence electrons. The van der Waals surface area contributed by atoms with Gasteiger partial charge in [0.05, 0.1) is 13.2 Å². The smallest absolute Gasteiger partial charge is 0.151 e. The van der Waals surface area contributed by atoms with Crippen molar-refractivity contribution in [2.24, 2.45) is 0 Å². The summed E-state index contributed by atoms with van der Waals surface area (Å²) in [5.41, 5.74) is 0. The summed E-state index contributed by atoms with van der Waals surface area (Å²) in [6, 6.07) is 0. The highest BCUT2D eigenvalue weighted by atomic mass is 28.2. The summed E-state index contributed by atoms with van der Waals surface area (Å²) in [5, 5.41) is 0. The van der Waals surface area contributed by atoms with Crippen molar-refractivity contribution in [3.05, 3.63) is 0 Å². The van der Waals surface area contributed by atoms with Gasteiger partial charge in [-0.15, -0.1) is 4.89 Å². The van der Waals surface area contributed by atoms with E-state index in [-0.39, 0.29) is 0 Å². The van der Waals surface area contributed by atoms with Crippen LogP contribution in [0.3, 0.4) is 0 Å². The Hall–Kier alpha value is 0.0969. The van der Waals surface area contributed by atoms with E-state index < -0.39 is 0 Å². The van der Waals surface area contributed by atoms with Crippen LogP contribution in [-0.4, -0.2) is 28.5 Å². The maximum absolute atomic E-state index is 4.96. The molecular weight excluding hydrogens is 122 g/mol. The molecule has 0 spiro atoms. The van der Waals surface area contributed by atoms with E-state index in [4.69, 9.17) is 9.68 Å². The Labute approximate surface area is 53.0 Å². The van der Waals surface area contributed by atoms with Crippen molar-refractivity contribution in [3.63, 3.8) is 0 Å². The van der Waals surface area contributed by atoms with Crippen molar-refractivity contribution in [1.29, 1.82) is 0 Å². The van der Waals surface area contributed by atoms with Gasteiger partial charge >= 0.3 is 0 Å². The standard InChI is InChI=1S/C4H13NO2Si/c1-3-6-5(8)7-4-2/h3-4H2,1-2,8H3. The zero-order chi connectivity index (χ0) is 6.41. The molecule has 3 nitrogen and oxygen atoms in total. The van der Waals surface area contributed by atoms with Crippen molar-refractivity contribution < 1.29 is 9.68 Å². The molecule has 4 heteroatoms. The molecule has 0 saturated carbocycles. The number of hydrogen-bond donors (Lipinski definition) is 0. The van der Waals surface area contributed by atoms with Gasteiger partial charge in [0.15, 0.2) is 10.4 Å². The number of rotatable bonds is 4. The summed E-state index contributed by atoms with van der Waals surface area (Å²) in [7, 11) is 0.797. The van der Waals surface area contributed by atoms with E-state index in [0.29, 0.717) is 13.2 Å². The highest BCUT2D eigenvalue weighted by Gasteiger charge is 1.89. The lowest BCUT2D eigenvalue weighted by Gasteiger charge is -2.13. The first kappa shape index (κ1) is 8.10. The van der Waals surface area contributed by atoms with Gasteiger partial charge in [-0.05, 0) is 13.8 Å². The predicted molar refractivity (Wildman–Crippen MR) is 35.0 cm³/mol. The third-order valence-corrected chi connectivity index (χ3v) is 1.14. The van der Waals surface area contributed by atoms with Gasteiger partial charge in [0.2, 0.25) is 0 Å². The maximum Gasteiger partial charge on any atom is 0.151 e. The molecular formula is C4H13NO2Si. The lowest BCUT2D eigenvalue weighted by atomic mass is 10.9. The molecule has 0 aliphatic heterocycles. The van der Waals surface area contributed by atoms with Crippen LogP contribution in [0.25, 0.3) is 0 Å². The Morgan fingerprint density at radius 1 is 1.25 bits per heavy atom. The summed E-state index contributed by atoms with van der Waals surface area (Å²) in [5.74, 6) is 0. The van der Waals surface area contributed by atoms with Crippen molar-refractivity contribution in [2.45, 2.75) is 13.8 Å². The molecule has 8 heavy (non-hydrogen) atoms. The van der Waals surface area contributed by atoms with Gasteiger partial charge in [0.1, 0.15) is 0 Å². The fourth-order valence-electron chi connectivity index (χ4n) is 0.401. The van der Waals surface area contributed by atoms with Crippen LogP contribution in [0.1, 0.15) is 13.8 Å². The van der Waals surface area contributed by atoms with E-state index in [2.05, 4.69) is 0 Å². The van der Waals surface area contributed by atoms with E-state index in [1.165, 1.54) is 4.89 Å². The average Bonchev–Trinajstić information content (AvgIpc) is 1.68. The van der Waals surface area contributed by atoms with E-state index >= 15 is 0 Å². The van der Waals surface area contributed by atoms with Gasteiger partial charge in [-0.2, -0.15) is 0 Å². The molecule has 0 fully saturated rings. The van der Waals surface area contributed by atoms with Crippen molar-refractivity contribution in [2.75, 3.05) is 13.2 Å². The van der Waals surface area contributed by atoms with Crippen LogP contribution in [0.2, 0.25) is 0 Å². The Kier molecular flexibility index (Phi) is 5.30. The SMILES string of the molecule is CCON([SiH3])OCC. The normalized spacial score (nSPS) is 10.9. The third-order valence-electron chi connectivity index (χ3n) is 0.622. The molecule has 0 unspecified atom stereocenters. The predicted octanol–water partition coefficient (Wildman–Crippen LogP) is -0.528. The molecule has 0 aliphatic rings. The van der Waals surface area contributed by atoms with E-state index in [1.807, 2.05) is 13.8 Å². The van der Waals surface area contributed by atoms with Crippen LogP contribution >= 0.6 is 0 Å². The Bertz CT molecular complexity index is 47.3. The molecule has 0 rings (SSSR count). The van der Waals surface area contributed by atoms with Gasteiger partial charge in [0, 0.05) is 0 Å². The Balaban J connectivity index is 2.92. The second-order valence-corrected chi connectivity index (χ2v) is 2.01. The second-order valence-electron chi connectivity index (χ2n) is 1.28. The molecule has 0 bridgehead atoms. The van der Waals surface area contributed by atoms with Crippen molar-refractivity contribution in [1.82, 2.24) is 4.89 Å². The van der Waals surface area contributed by atoms with Crippen LogP contribution < -0.4 is 0 Å². The van der Waals surface area contributed by atoms with E-state index in [1.54, 1.807) is 0 Å². The van der Waals surface area contributed by atoms with Crippen LogP contribution in [-0.2, 0) is 9.68 Å². The third kappa shape index (κ3) is 4.26. The maximum atomic E-state index is 4.96. The van der Waals surface area contributed by atoms with Gasteiger partial charge in [-0.3, -0.25) is 9.68 Å². The van der Waals surface area contributed by atoms with Gasteiger partial charge in [-0.1, -0.05) is 0 Å². The zero-order valence-corrected chi connectivity index (χ0v) is 7.68. The minimum absolute atomic E-state index is 0.684. The molecule has 0 aromatic heterocycles. The molecule has 0 radical (unpaired) electrons. The lowest BCUT2D eigenvalue weighted by Crippen LogP contribution is -2.20. The fraction of sp³-hybridized carbons (Fsp3) is 1.00. The van der Waals surface area contributed by atoms with Crippen LogP contribution in [0.4, 0.5) is 0 Å². The summed E-state index contributed by atoms with van der Waals surface area (Å²) in [6.45, 7) is 5.24. The van der Waals surface area contributed by atoms with Gasteiger partial charge in [0.25, 0.3) is 0 Å². The molecule has 0 aromatic carbocycles.